The molecule has 3 heterocycles. The molecule has 3 saturated heterocycles. The van der Waals surface area contributed by atoms with Crippen LogP contribution in [-0.2, 0) is 33.5 Å². The molecule has 0 spiro atoms. The van der Waals surface area contributed by atoms with Crippen LogP contribution in [0.2, 0.25) is 0 Å². The van der Waals surface area contributed by atoms with Gasteiger partial charge in [0.15, 0.2) is 6.23 Å². The number of hydrogen-bond donors (Lipinski definition) is 15. The van der Waals surface area contributed by atoms with Gasteiger partial charge in [0.25, 0.3) is 5.91 Å². The van der Waals surface area contributed by atoms with Gasteiger partial charge in [-0.25, -0.2) is 0 Å². The number of nitrogens with one attached hydrogen (secondary N) is 5. The first kappa shape index (κ1) is 62.6. The molecule has 6 rings (SSSR count). The number of aliphatic hydroxyl groups is 7. The molecule has 3 aliphatic rings. The maximum absolute atomic E-state index is 14.6. The van der Waals surface area contributed by atoms with Gasteiger partial charge in [0.1, 0.15) is 66.1 Å². The average Bonchev–Trinajstić information content (AvgIpc) is 4.03. The van der Waals surface area contributed by atoms with Crippen molar-refractivity contribution < 1.29 is 83.9 Å². The number of phenols is 1. The van der Waals surface area contributed by atoms with Gasteiger partial charge in [-0.15, -0.1) is 0 Å². The van der Waals surface area contributed by atoms with E-state index >= 15 is 0 Å². The summed E-state index contributed by atoms with van der Waals surface area (Å²) >= 11 is 0. The van der Waals surface area contributed by atoms with Crippen LogP contribution >= 0.6 is 0 Å². The second-order valence-corrected chi connectivity index (χ2v) is 20.5. The van der Waals surface area contributed by atoms with Crippen LogP contribution in [0.4, 0.5) is 0 Å². The Morgan fingerprint density at radius 3 is 2.08 bits per heavy atom. The van der Waals surface area contributed by atoms with Crippen LogP contribution in [-0.4, -0.2) is 210 Å². The van der Waals surface area contributed by atoms with Crippen molar-refractivity contribution in [3.8, 4) is 11.5 Å². The lowest BCUT2D eigenvalue weighted by atomic mass is 9.96. The second-order valence-electron chi connectivity index (χ2n) is 20.5. The van der Waals surface area contributed by atoms with Gasteiger partial charge in [0, 0.05) is 38.0 Å². The van der Waals surface area contributed by atoms with E-state index in [9.17, 15) is 74.4 Å². The highest BCUT2D eigenvalue weighted by Gasteiger charge is 2.49. The molecule has 0 aromatic heterocycles. The second kappa shape index (κ2) is 29.2. The quantitative estimate of drug-likeness (QED) is 0.0524. The number of rotatable bonds is 19. The van der Waals surface area contributed by atoms with Crippen molar-refractivity contribution in [2.45, 2.75) is 157 Å². The van der Waals surface area contributed by atoms with Gasteiger partial charge in [-0.3, -0.25) is 33.6 Å². The molecule has 3 fully saturated rings. The van der Waals surface area contributed by atoms with E-state index in [1.807, 2.05) is 6.07 Å². The highest BCUT2D eigenvalue weighted by molar-refractivity contribution is 6.02. The largest absolute Gasteiger partial charge is 0.508 e. The maximum atomic E-state index is 14.6. The van der Waals surface area contributed by atoms with Gasteiger partial charge in [-0.2, -0.15) is 0 Å². The van der Waals surface area contributed by atoms with Crippen LogP contribution in [0.5, 0.6) is 11.5 Å². The first-order valence-corrected chi connectivity index (χ1v) is 27.0. The molecule has 14 atom stereocenters. The van der Waals surface area contributed by atoms with E-state index in [4.69, 9.17) is 20.9 Å². The average molecular weight is 1120 g/mol. The molecule has 5 unspecified atom stereocenters. The number of hydrogen-bond acceptors (Lipinski definition) is 19. The first-order valence-electron chi connectivity index (χ1n) is 27.0. The molecule has 3 aliphatic heterocycles. The Morgan fingerprint density at radius 1 is 0.725 bits per heavy atom. The number of ether oxygens (including phenoxy) is 2. The predicted molar refractivity (Wildman–Crippen MR) is 285 cm³/mol. The summed E-state index contributed by atoms with van der Waals surface area (Å²) in [5.74, 6) is -7.76. The number of nitrogens with two attached hydrogens (primary N) is 2. The molecule has 7 amide bonds. The Hall–Kier alpha value is -6.59. The summed E-state index contributed by atoms with van der Waals surface area (Å²) in [5, 5.41) is 103. The van der Waals surface area contributed by atoms with Gasteiger partial charge in [-0.05, 0) is 85.5 Å². The highest BCUT2D eigenvalue weighted by Crippen LogP contribution is 2.27. The van der Waals surface area contributed by atoms with Gasteiger partial charge in [0.2, 0.25) is 35.4 Å². The summed E-state index contributed by atoms with van der Waals surface area (Å²) in [7, 11) is 0. The fraction of sp³-hybridized carbons (Fsp3) is 0.574. The summed E-state index contributed by atoms with van der Waals surface area (Å²) in [6, 6.07) is 3.11. The molecule has 3 aromatic rings. The zero-order valence-corrected chi connectivity index (χ0v) is 44.8. The summed E-state index contributed by atoms with van der Waals surface area (Å²) in [6.07, 6.45) is -11.3. The van der Waals surface area contributed by atoms with Crippen LogP contribution < -0.4 is 42.8 Å². The smallest absolute Gasteiger partial charge is 0.251 e. The van der Waals surface area contributed by atoms with Crippen molar-refractivity contribution in [1.82, 2.24) is 36.4 Å². The molecule has 0 radical (unpaired) electrons. The molecule has 26 heteroatoms. The van der Waals surface area contributed by atoms with E-state index in [1.165, 1.54) is 18.2 Å². The summed E-state index contributed by atoms with van der Waals surface area (Å²) in [5.41, 5.74) is 11.5. The third-order valence-corrected chi connectivity index (χ3v) is 14.5. The van der Waals surface area contributed by atoms with Gasteiger partial charge >= 0.3 is 0 Å². The number of carbonyl (C=O) groups is 7. The summed E-state index contributed by atoms with van der Waals surface area (Å²) in [4.78, 5) is 103. The summed E-state index contributed by atoms with van der Waals surface area (Å²) in [6.45, 7) is 2.09. The molecule has 0 bridgehead atoms. The minimum atomic E-state index is -2.31. The Morgan fingerprint density at radius 2 is 1.39 bits per heavy atom. The van der Waals surface area contributed by atoms with Crippen molar-refractivity contribution >= 4 is 52.1 Å². The Bertz CT molecular complexity index is 2610. The van der Waals surface area contributed by atoms with Crippen molar-refractivity contribution in [2.24, 2.45) is 11.5 Å². The van der Waals surface area contributed by atoms with Crippen molar-refractivity contribution in [2.75, 3.05) is 39.4 Å². The molecular formula is C54H77N9O17. The molecule has 17 N–H and O–H groups in total. The molecule has 80 heavy (non-hydrogen) atoms. The topological polar surface area (TPSA) is 418 Å². The Labute approximate surface area is 462 Å². The minimum Gasteiger partial charge on any atom is -0.508 e. The number of amides is 7. The van der Waals surface area contributed by atoms with Crippen LogP contribution in [0.15, 0.2) is 60.7 Å². The molecule has 3 aromatic carbocycles. The van der Waals surface area contributed by atoms with Crippen LogP contribution in [0.25, 0.3) is 10.8 Å². The van der Waals surface area contributed by atoms with Crippen LogP contribution in [0, 0.1) is 0 Å². The Kier molecular flexibility index (Phi) is 22.9. The molecule has 440 valence electrons. The van der Waals surface area contributed by atoms with Crippen molar-refractivity contribution in [1.29, 1.82) is 0 Å². The number of unbranched alkanes of at least 4 members (excludes halogenated alkanes) is 4. The third kappa shape index (κ3) is 15.9. The fourth-order valence-corrected chi connectivity index (χ4v) is 10.0. The highest BCUT2D eigenvalue weighted by atomic mass is 16.5. The van der Waals surface area contributed by atoms with Gasteiger partial charge < -0.3 is 98.2 Å². The van der Waals surface area contributed by atoms with E-state index in [1.54, 1.807) is 24.3 Å². The molecular weight excluding hydrogens is 1050 g/mol. The van der Waals surface area contributed by atoms with E-state index < -0.39 is 146 Å². The number of fused-ring (bicyclic) bond motifs is 3. The maximum Gasteiger partial charge on any atom is 0.251 e. The number of aromatic hydroxyl groups is 1. The SMILES string of the molecule is CCCCCCCOc1ccc2cc(C(=O)N[C@@H]3C[C@@H](O)[C@@H](OCCN)NC(=O)C4[C@@H](O)CCN4C(=O)[C@H](C(O)CCN)NC(=O)[C@H](C(O)[C@@H](O)c4ccc(O)cc4)NC(=O)C4C[C@@H](O)CN4C(=O)[C@H](C(C)O)NC3=O)ccc2c1. The lowest BCUT2D eigenvalue weighted by molar-refractivity contribution is -0.149. The van der Waals surface area contributed by atoms with E-state index in [0.717, 1.165) is 66.3 Å². The monoisotopic (exact) mass is 1120 g/mol. The van der Waals surface area contributed by atoms with E-state index in [0.29, 0.717) is 17.7 Å². The third-order valence-electron chi connectivity index (χ3n) is 14.5. The van der Waals surface area contributed by atoms with Crippen molar-refractivity contribution in [3.05, 3.63) is 71.8 Å². The number of aliphatic hydroxyl groups excluding tert-OH is 7. The first-order chi connectivity index (χ1) is 38.2. The van der Waals surface area contributed by atoms with Crippen LogP contribution in [0.3, 0.4) is 0 Å². The Balaban J connectivity index is 1.39. The number of nitrogens with zero attached hydrogens (tertiary/aromatic N) is 2. The van der Waals surface area contributed by atoms with Crippen LogP contribution in [0.1, 0.15) is 93.7 Å². The number of benzene rings is 3. The minimum absolute atomic E-state index is 0.0425. The lowest BCUT2D eigenvalue weighted by Crippen LogP contribution is -2.64. The lowest BCUT2D eigenvalue weighted by Gasteiger charge is -2.35. The zero-order chi connectivity index (χ0) is 58.4. The molecule has 26 nitrogen and oxygen atoms in total. The number of carbonyl (C=O) groups excluding carboxylic acids is 7. The van der Waals surface area contributed by atoms with E-state index in [-0.39, 0.29) is 56.0 Å². The molecule has 0 aliphatic carbocycles. The number of phenolic OH excluding ortho intramolecular Hbond substituents is 1. The van der Waals surface area contributed by atoms with Gasteiger partial charge in [0.05, 0.1) is 37.6 Å². The molecule has 0 saturated carbocycles. The fourth-order valence-electron chi connectivity index (χ4n) is 10.0. The predicted octanol–water partition coefficient (Wildman–Crippen LogP) is -3.26. The normalized spacial score (nSPS) is 27.1. The zero-order valence-electron chi connectivity index (χ0n) is 44.8. The standard InChI is InChI=1S/C54H77N9O17/c1-3-4-5-6-7-21-79-35-15-12-30-23-32(9-8-31(30)24-35)47(72)57-36-26-40(69)52(80-22-19-56)61-51(76)44-39(68)17-20-62(44)54(78)42(38(67)16-18-55)59-50(75)43(46(71)45(70)29-10-13-33(65)14-11-29)60-49(74)37-25-34(66)27-63(37)53(77)41(28(2)64)58-48(36)73/h8-15,23-24,28,34,36-46,52,64-71H,3-7,16-22,25-27,55-56H2,1-2H3,(H,57,72)(H,58,73)(H,59,75)(H,60,74)(H,61,76)/t28?,34-,36-,37?,38?,39+,40-,41+,42+,43+,44?,45+,46?,52-/m1/s1. The summed E-state index contributed by atoms with van der Waals surface area (Å²) < 4.78 is 11.7. The van der Waals surface area contributed by atoms with Crippen molar-refractivity contribution in [3.63, 3.8) is 0 Å². The van der Waals surface area contributed by atoms with Gasteiger partial charge in [-0.1, -0.05) is 56.9 Å². The van der Waals surface area contributed by atoms with E-state index in [2.05, 4.69) is 33.5 Å².